The zero-order chi connectivity index (χ0) is 23.9. The Morgan fingerprint density at radius 2 is 1.66 bits per heavy atom. The number of aryl methyl sites for hydroxylation is 1. The van der Waals surface area contributed by atoms with Gasteiger partial charge >= 0.3 is 5.97 Å². The summed E-state index contributed by atoms with van der Waals surface area (Å²) in [7, 11) is 1.60. The summed E-state index contributed by atoms with van der Waals surface area (Å²) in [6.45, 7) is 3.43. The third-order valence-electron chi connectivity index (χ3n) is 5.26. The van der Waals surface area contributed by atoms with Crippen molar-refractivity contribution in [1.82, 2.24) is 25.5 Å². The van der Waals surface area contributed by atoms with Crippen LogP contribution in [0.5, 0.6) is 11.5 Å². The molecule has 0 aliphatic heterocycles. The summed E-state index contributed by atoms with van der Waals surface area (Å²) in [6, 6.07) is 20.5. The van der Waals surface area contributed by atoms with E-state index in [1.54, 1.807) is 36.1 Å². The molecule has 0 spiro atoms. The zero-order valence-corrected chi connectivity index (χ0v) is 20.2. The molecule has 3 aromatic carbocycles. The molecule has 0 saturated heterocycles. The number of carbonyl (C=O) groups is 1. The molecule has 10 heteroatoms. The Kier molecular flexibility index (Phi) is 8.77. The van der Waals surface area contributed by atoms with E-state index in [0.29, 0.717) is 30.4 Å². The molecule has 0 fully saturated rings. The van der Waals surface area contributed by atoms with Crippen LogP contribution in [0.2, 0.25) is 0 Å². The lowest BCUT2D eigenvalue weighted by Crippen LogP contribution is -2.13. The maximum Gasteiger partial charge on any atom is 0.335 e. The number of benzene rings is 3. The van der Waals surface area contributed by atoms with Crippen LogP contribution in [0.1, 0.15) is 32.9 Å². The van der Waals surface area contributed by atoms with Gasteiger partial charge in [0.1, 0.15) is 0 Å². The van der Waals surface area contributed by atoms with Gasteiger partial charge in [0.2, 0.25) is 0 Å². The quantitative estimate of drug-likeness (QED) is 0.340. The summed E-state index contributed by atoms with van der Waals surface area (Å²) < 4.78 is 13.1. The number of halogens is 1. The first-order chi connectivity index (χ1) is 16.5. The van der Waals surface area contributed by atoms with Crippen molar-refractivity contribution in [3.05, 3.63) is 94.8 Å². The van der Waals surface area contributed by atoms with Gasteiger partial charge in [0, 0.05) is 13.1 Å². The van der Waals surface area contributed by atoms with Gasteiger partial charge in [-0.3, -0.25) is 0 Å². The molecule has 0 unspecified atom stereocenters. The van der Waals surface area contributed by atoms with Crippen LogP contribution in [0.15, 0.2) is 66.7 Å². The molecule has 0 atom stereocenters. The lowest BCUT2D eigenvalue weighted by Gasteiger charge is -2.13. The third-order valence-corrected chi connectivity index (χ3v) is 5.26. The summed E-state index contributed by atoms with van der Waals surface area (Å²) in [5, 5.41) is 24.3. The highest BCUT2D eigenvalue weighted by molar-refractivity contribution is 5.87. The minimum Gasteiger partial charge on any atom is -0.493 e. The van der Waals surface area contributed by atoms with Gasteiger partial charge in [-0.2, -0.15) is 4.68 Å². The first-order valence-corrected chi connectivity index (χ1v) is 10.7. The van der Waals surface area contributed by atoms with Gasteiger partial charge in [0.05, 0.1) is 18.4 Å². The molecular formula is C25H26ClN5O4. The zero-order valence-electron chi connectivity index (χ0n) is 19.3. The van der Waals surface area contributed by atoms with Crippen LogP contribution in [0.25, 0.3) is 5.69 Å². The molecule has 182 valence electrons. The number of aromatic nitrogens is 4. The maximum absolute atomic E-state index is 11.0. The molecule has 0 saturated carbocycles. The second-order valence-corrected chi connectivity index (χ2v) is 7.72. The van der Waals surface area contributed by atoms with Crippen LogP contribution in [-0.4, -0.2) is 38.4 Å². The average molecular weight is 496 g/mol. The van der Waals surface area contributed by atoms with Crippen molar-refractivity contribution in [2.75, 3.05) is 7.11 Å². The van der Waals surface area contributed by atoms with Crippen molar-refractivity contribution in [2.24, 2.45) is 0 Å². The SMILES string of the molecule is COc1cc(CNCc2ccc(C(=O)O)cc2)ccc1OCc1nnnn1-c1ccc(C)cc1.Cl. The largest absolute Gasteiger partial charge is 0.493 e. The summed E-state index contributed by atoms with van der Waals surface area (Å²) in [4.78, 5) is 11.0. The van der Waals surface area contributed by atoms with Crippen molar-refractivity contribution >= 4 is 18.4 Å². The lowest BCUT2D eigenvalue weighted by molar-refractivity contribution is 0.0697. The van der Waals surface area contributed by atoms with Crippen LogP contribution in [0.4, 0.5) is 0 Å². The molecule has 0 aliphatic rings. The van der Waals surface area contributed by atoms with Crippen LogP contribution in [-0.2, 0) is 19.7 Å². The van der Waals surface area contributed by atoms with Crippen LogP contribution in [0, 0.1) is 6.92 Å². The van der Waals surface area contributed by atoms with Gasteiger partial charge in [-0.15, -0.1) is 17.5 Å². The van der Waals surface area contributed by atoms with E-state index in [-0.39, 0.29) is 24.6 Å². The number of hydrogen-bond acceptors (Lipinski definition) is 7. The summed E-state index contributed by atoms with van der Waals surface area (Å²) in [5.74, 6) is 0.847. The number of hydrogen-bond donors (Lipinski definition) is 2. The highest BCUT2D eigenvalue weighted by Gasteiger charge is 2.12. The number of carboxylic acid groups (broad SMARTS) is 1. The monoisotopic (exact) mass is 495 g/mol. The fraction of sp³-hybridized carbons (Fsp3) is 0.200. The lowest BCUT2D eigenvalue weighted by atomic mass is 10.1. The first-order valence-electron chi connectivity index (χ1n) is 10.7. The predicted octanol–water partition coefficient (Wildman–Crippen LogP) is 3.97. The van der Waals surface area contributed by atoms with E-state index in [2.05, 4.69) is 20.8 Å². The Morgan fingerprint density at radius 1 is 0.971 bits per heavy atom. The Labute approximate surface area is 209 Å². The maximum atomic E-state index is 11.0. The molecule has 2 N–H and O–H groups in total. The molecule has 0 amide bonds. The molecule has 0 bridgehead atoms. The Bertz CT molecular complexity index is 1260. The number of carboxylic acids is 1. The average Bonchev–Trinajstić information content (AvgIpc) is 3.32. The highest BCUT2D eigenvalue weighted by atomic mass is 35.5. The Balaban J connectivity index is 0.00000342. The molecule has 1 heterocycles. The number of aromatic carboxylic acids is 1. The predicted molar refractivity (Wildman–Crippen MR) is 132 cm³/mol. The second kappa shape index (κ2) is 12.0. The van der Waals surface area contributed by atoms with Gasteiger partial charge in [0.15, 0.2) is 23.9 Å². The van der Waals surface area contributed by atoms with Crippen molar-refractivity contribution in [3.63, 3.8) is 0 Å². The minimum absolute atomic E-state index is 0. The van der Waals surface area contributed by atoms with E-state index in [0.717, 1.165) is 22.4 Å². The fourth-order valence-electron chi connectivity index (χ4n) is 3.38. The van der Waals surface area contributed by atoms with Crippen molar-refractivity contribution in [2.45, 2.75) is 26.6 Å². The van der Waals surface area contributed by atoms with Crippen molar-refractivity contribution in [3.8, 4) is 17.2 Å². The van der Waals surface area contributed by atoms with Crippen molar-refractivity contribution < 1.29 is 19.4 Å². The van der Waals surface area contributed by atoms with Gasteiger partial charge in [-0.05, 0) is 64.9 Å². The fourth-order valence-corrected chi connectivity index (χ4v) is 3.38. The summed E-state index contributed by atoms with van der Waals surface area (Å²) in [6.07, 6.45) is 0. The minimum atomic E-state index is -0.930. The Morgan fingerprint density at radius 3 is 2.34 bits per heavy atom. The molecule has 1 aromatic heterocycles. The van der Waals surface area contributed by atoms with Crippen LogP contribution < -0.4 is 14.8 Å². The number of methoxy groups -OCH3 is 1. The molecule has 9 nitrogen and oxygen atoms in total. The van der Waals surface area contributed by atoms with E-state index < -0.39 is 5.97 Å². The first kappa shape index (κ1) is 25.7. The number of nitrogens with zero attached hydrogens (tertiary/aromatic N) is 4. The van der Waals surface area contributed by atoms with Gasteiger partial charge < -0.3 is 19.9 Å². The third kappa shape index (κ3) is 6.56. The normalized spacial score (nSPS) is 10.5. The van der Waals surface area contributed by atoms with Gasteiger partial charge in [0.25, 0.3) is 0 Å². The van der Waals surface area contributed by atoms with Crippen LogP contribution >= 0.6 is 12.4 Å². The number of tetrazole rings is 1. The molecule has 4 aromatic rings. The summed E-state index contributed by atoms with van der Waals surface area (Å²) in [5.41, 5.74) is 4.32. The smallest absolute Gasteiger partial charge is 0.335 e. The number of rotatable bonds is 10. The molecule has 0 radical (unpaired) electrons. The number of ether oxygens (including phenoxy) is 2. The van der Waals surface area contributed by atoms with E-state index in [1.165, 1.54) is 0 Å². The van der Waals surface area contributed by atoms with Crippen molar-refractivity contribution in [1.29, 1.82) is 0 Å². The van der Waals surface area contributed by atoms with Gasteiger partial charge in [-0.25, -0.2) is 4.79 Å². The van der Waals surface area contributed by atoms with E-state index >= 15 is 0 Å². The highest BCUT2D eigenvalue weighted by Crippen LogP contribution is 2.29. The molecule has 0 aliphatic carbocycles. The van der Waals surface area contributed by atoms with Crippen LogP contribution in [0.3, 0.4) is 0 Å². The number of nitrogens with one attached hydrogen (secondary N) is 1. The summed E-state index contributed by atoms with van der Waals surface area (Å²) >= 11 is 0. The molecule has 4 rings (SSSR count). The van der Waals surface area contributed by atoms with E-state index in [9.17, 15) is 4.79 Å². The topological polar surface area (TPSA) is 111 Å². The second-order valence-electron chi connectivity index (χ2n) is 7.72. The standard InChI is InChI=1S/C25H25N5O4.ClH/c1-17-3-10-21(11-4-17)30-24(27-28-29-30)16-34-22-12-7-19(13-23(22)33-2)15-26-14-18-5-8-20(9-6-18)25(31)32;/h3-13,26H,14-16H2,1-2H3,(H,31,32);1H. The molecular weight excluding hydrogens is 470 g/mol. The van der Waals surface area contributed by atoms with E-state index in [1.807, 2.05) is 49.4 Å². The van der Waals surface area contributed by atoms with E-state index in [4.69, 9.17) is 14.6 Å². The van der Waals surface area contributed by atoms with Gasteiger partial charge in [-0.1, -0.05) is 35.9 Å². The molecule has 35 heavy (non-hydrogen) atoms. The Hall–Kier alpha value is -3.95.